The van der Waals surface area contributed by atoms with Crippen LogP contribution >= 0.6 is 0 Å². The molecule has 15 nitrogen and oxygen atoms in total. The van der Waals surface area contributed by atoms with E-state index >= 15 is 0 Å². The Morgan fingerprint density at radius 1 is 0.958 bits per heavy atom. The van der Waals surface area contributed by atoms with Crippen LogP contribution in [0.4, 0.5) is 5.82 Å². The van der Waals surface area contributed by atoms with Gasteiger partial charge in [0.05, 0.1) is 26.1 Å². The zero-order valence-electron chi connectivity index (χ0n) is 27.1. The molecule has 0 bridgehead atoms. The molecule has 0 saturated carbocycles. The number of imidazole rings is 1. The normalized spacial score (nSPS) is 20.1. The SMILES string of the molecule is COc1ccc(C[C@H](NC(=O)[C@H](Cc2ccccc2)NC(C)=O)C(=O)N[C@H]2[C@@H](O)[C@H](n3cnc4c(N(C)C)ncnc43)O[C@@H]2CO)cc1. The highest BCUT2D eigenvalue weighted by atomic mass is 16.5. The van der Waals surface area contributed by atoms with Crippen LogP contribution in [0.5, 0.6) is 5.75 Å². The number of ether oxygens (including phenoxy) is 2. The number of aliphatic hydroxyl groups is 2. The van der Waals surface area contributed by atoms with E-state index in [1.54, 1.807) is 36.3 Å². The van der Waals surface area contributed by atoms with Crippen molar-refractivity contribution in [1.29, 1.82) is 0 Å². The van der Waals surface area contributed by atoms with E-state index in [0.29, 0.717) is 22.7 Å². The summed E-state index contributed by atoms with van der Waals surface area (Å²) >= 11 is 0. The number of rotatable bonds is 13. The van der Waals surface area contributed by atoms with Crippen molar-refractivity contribution < 1.29 is 34.1 Å². The van der Waals surface area contributed by atoms with E-state index in [4.69, 9.17) is 9.47 Å². The van der Waals surface area contributed by atoms with Gasteiger partial charge in [0.1, 0.15) is 36.4 Å². The number of benzene rings is 2. The highest BCUT2D eigenvalue weighted by molar-refractivity contribution is 5.92. The molecule has 1 aliphatic rings. The standard InChI is InChI=1S/C33H40N8O7/c1-19(43)37-23(14-20-8-6-5-7-9-20)31(45)38-24(15-21-10-12-22(47-4)13-11-21)32(46)39-26-25(16-42)48-33(28(26)44)41-18-36-27-29(40(2)3)34-17-35-30(27)41/h5-13,17-18,23-26,28,33,42,44H,14-16H2,1-4H3,(H,37,43)(H,38,45)(H,39,46)/t23-,24-,25+,26+,28+,33+/m0/s1. The molecule has 15 heteroatoms. The number of nitrogens with one attached hydrogen (secondary N) is 3. The molecule has 1 aliphatic heterocycles. The second-order valence-corrected chi connectivity index (χ2v) is 11.7. The van der Waals surface area contributed by atoms with Gasteiger partial charge in [-0.3, -0.25) is 19.0 Å². The number of methoxy groups -OCH3 is 1. The minimum absolute atomic E-state index is 0.0764. The number of hydrogen-bond donors (Lipinski definition) is 5. The Balaban J connectivity index is 1.39. The minimum atomic E-state index is -1.33. The van der Waals surface area contributed by atoms with E-state index in [1.165, 1.54) is 24.1 Å². The van der Waals surface area contributed by atoms with Crippen LogP contribution in [0.3, 0.4) is 0 Å². The Labute approximate surface area is 277 Å². The second kappa shape index (κ2) is 15.2. The van der Waals surface area contributed by atoms with Crippen molar-refractivity contribution in [1.82, 2.24) is 35.5 Å². The molecule has 5 rings (SSSR count). The number of nitrogens with zero attached hydrogens (tertiary/aromatic N) is 5. The first-order valence-corrected chi connectivity index (χ1v) is 15.4. The number of hydrogen-bond acceptors (Lipinski definition) is 11. The summed E-state index contributed by atoms with van der Waals surface area (Å²) < 4.78 is 12.8. The number of aromatic nitrogens is 4. The molecule has 0 radical (unpaired) electrons. The summed E-state index contributed by atoms with van der Waals surface area (Å²) in [6.45, 7) is 0.802. The van der Waals surface area contributed by atoms with Gasteiger partial charge in [0.15, 0.2) is 23.2 Å². The lowest BCUT2D eigenvalue weighted by atomic mass is 10.0. The quantitative estimate of drug-likeness (QED) is 0.131. The summed E-state index contributed by atoms with van der Waals surface area (Å²) in [7, 11) is 5.17. The third-order valence-electron chi connectivity index (χ3n) is 8.11. The van der Waals surface area contributed by atoms with E-state index in [2.05, 4.69) is 30.9 Å². The summed E-state index contributed by atoms with van der Waals surface area (Å²) in [5.74, 6) is -0.406. The molecule has 6 atom stereocenters. The maximum absolute atomic E-state index is 14.0. The monoisotopic (exact) mass is 660 g/mol. The molecule has 0 aliphatic carbocycles. The average Bonchev–Trinajstić information content (AvgIpc) is 3.64. The average molecular weight is 661 g/mol. The van der Waals surface area contributed by atoms with E-state index in [9.17, 15) is 24.6 Å². The van der Waals surface area contributed by atoms with Crippen LogP contribution in [0.15, 0.2) is 67.3 Å². The van der Waals surface area contributed by atoms with Gasteiger partial charge < -0.3 is 40.5 Å². The lowest BCUT2D eigenvalue weighted by molar-refractivity contribution is -0.132. The van der Waals surface area contributed by atoms with Gasteiger partial charge in [0, 0.05) is 33.9 Å². The first-order chi connectivity index (χ1) is 23.1. The fraction of sp³-hybridized carbons (Fsp3) is 0.394. The maximum Gasteiger partial charge on any atom is 0.243 e. The van der Waals surface area contributed by atoms with Crippen molar-refractivity contribution in [3.8, 4) is 5.75 Å². The number of carbonyl (C=O) groups is 3. The lowest BCUT2D eigenvalue weighted by Gasteiger charge is -2.26. The zero-order chi connectivity index (χ0) is 34.4. The van der Waals surface area contributed by atoms with Crippen molar-refractivity contribution in [2.75, 3.05) is 32.7 Å². The number of aliphatic hydroxyl groups excluding tert-OH is 2. The van der Waals surface area contributed by atoms with Crippen LogP contribution in [-0.2, 0) is 32.0 Å². The summed E-state index contributed by atoms with van der Waals surface area (Å²) in [4.78, 5) is 54.4. The molecule has 5 N–H and O–H groups in total. The molecule has 4 aromatic rings. The fourth-order valence-electron chi connectivity index (χ4n) is 5.71. The molecule has 2 aromatic heterocycles. The number of fused-ring (bicyclic) bond motifs is 1. The molecule has 3 heterocycles. The van der Waals surface area contributed by atoms with Crippen LogP contribution in [-0.4, -0.2) is 106 Å². The largest absolute Gasteiger partial charge is 0.497 e. The molecular weight excluding hydrogens is 620 g/mol. The third-order valence-corrected chi connectivity index (χ3v) is 8.11. The lowest BCUT2D eigenvalue weighted by Crippen LogP contribution is -2.58. The molecule has 1 fully saturated rings. The maximum atomic E-state index is 14.0. The van der Waals surface area contributed by atoms with Gasteiger partial charge in [0.2, 0.25) is 17.7 Å². The Morgan fingerprint density at radius 3 is 2.25 bits per heavy atom. The van der Waals surface area contributed by atoms with Crippen LogP contribution in [0, 0.1) is 0 Å². The van der Waals surface area contributed by atoms with Crippen molar-refractivity contribution in [2.45, 2.75) is 56.3 Å². The van der Waals surface area contributed by atoms with E-state index in [0.717, 1.165) is 11.1 Å². The second-order valence-electron chi connectivity index (χ2n) is 11.7. The fourth-order valence-corrected chi connectivity index (χ4v) is 5.71. The highest BCUT2D eigenvalue weighted by Crippen LogP contribution is 2.32. The topological polar surface area (TPSA) is 193 Å². The Morgan fingerprint density at radius 2 is 1.62 bits per heavy atom. The molecule has 48 heavy (non-hydrogen) atoms. The minimum Gasteiger partial charge on any atom is -0.497 e. The summed E-state index contributed by atoms with van der Waals surface area (Å²) in [6, 6.07) is 13.1. The van der Waals surface area contributed by atoms with Crippen molar-refractivity contribution in [2.24, 2.45) is 0 Å². The first kappa shape index (κ1) is 34.2. The van der Waals surface area contributed by atoms with E-state index < -0.39 is 60.9 Å². The number of anilines is 1. The molecule has 0 unspecified atom stereocenters. The molecule has 0 spiro atoms. The van der Waals surface area contributed by atoms with Gasteiger partial charge in [-0.15, -0.1) is 0 Å². The van der Waals surface area contributed by atoms with Crippen LogP contribution in [0.2, 0.25) is 0 Å². The predicted octanol–water partition coefficient (Wildman–Crippen LogP) is 0.111. The zero-order valence-corrected chi connectivity index (χ0v) is 27.1. The number of carbonyl (C=O) groups excluding carboxylic acids is 3. The third kappa shape index (κ3) is 7.70. The molecular formula is C33H40N8O7. The van der Waals surface area contributed by atoms with Crippen molar-refractivity contribution in [3.63, 3.8) is 0 Å². The summed E-state index contributed by atoms with van der Waals surface area (Å²) in [5, 5.41) is 30.0. The highest BCUT2D eigenvalue weighted by Gasteiger charge is 2.46. The van der Waals surface area contributed by atoms with Crippen LogP contribution < -0.4 is 25.6 Å². The summed E-state index contributed by atoms with van der Waals surface area (Å²) in [6.07, 6.45) is -0.268. The van der Waals surface area contributed by atoms with Gasteiger partial charge in [-0.05, 0) is 23.3 Å². The van der Waals surface area contributed by atoms with Crippen LogP contribution in [0.1, 0.15) is 24.3 Å². The van der Waals surface area contributed by atoms with Crippen LogP contribution in [0.25, 0.3) is 11.2 Å². The number of amides is 3. The smallest absolute Gasteiger partial charge is 0.243 e. The van der Waals surface area contributed by atoms with Crippen molar-refractivity contribution >= 4 is 34.7 Å². The molecule has 254 valence electrons. The van der Waals surface area contributed by atoms with E-state index in [-0.39, 0.29) is 12.8 Å². The Kier molecular flexibility index (Phi) is 10.8. The Hall–Kier alpha value is -5.12. The van der Waals surface area contributed by atoms with Gasteiger partial charge in [-0.2, -0.15) is 0 Å². The van der Waals surface area contributed by atoms with Gasteiger partial charge >= 0.3 is 0 Å². The van der Waals surface area contributed by atoms with Gasteiger partial charge in [-0.1, -0.05) is 42.5 Å². The predicted molar refractivity (Wildman–Crippen MR) is 175 cm³/mol. The van der Waals surface area contributed by atoms with Gasteiger partial charge in [0.25, 0.3) is 0 Å². The Bertz CT molecular complexity index is 1720. The van der Waals surface area contributed by atoms with E-state index in [1.807, 2.05) is 44.4 Å². The first-order valence-electron chi connectivity index (χ1n) is 15.4. The molecule has 2 aromatic carbocycles. The van der Waals surface area contributed by atoms with Gasteiger partial charge in [-0.25, -0.2) is 15.0 Å². The molecule has 1 saturated heterocycles. The molecule has 3 amide bonds. The van der Waals surface area contributed by atoms with Crippen molar-refractivity contribution in [3.05, 3.63) is 78.4 Å². The summed E-state index contributed by atoms with van der Waals surface area (Å²) in [5.41, 5.74) is 2.42.